The van der Waals surface area contributed by atoms with Crippen LogP contribution in [-0.4, -0.2) is 6.54 Å². The molecular weight excluding hydrogens is 218 g/mol. The number of aryl methyl sites for hydroxylation is 2. The molecule has 0 spiro atoms. The summed E-state index contributed by atoms with van der Waals surface area (Å²) in [6.07, 6.45) is 6.38. The molecule has 0 fully saturated rings. The van der Waals surface area contributed by atoms with Gasteiger partial charge in [-0.2, -0.15) is 0 Å². The first-order chi connectivity index (χ1) is 8.71. The Labute approximate surface area is 113 Å². The van der Waals surface area contributed by atoms with Crippen LogP contribution in [0.3, 0.4) is 0 Å². The Morgan fingerprint density at radius 1 is 1.06 bits per heavy atom. The van der Waals surface area contributed by atoms with E-state index >= 15 is 0 Å². The van der Waals surface area contributed by atoms with Gasteiger partial charge in [-0.25, -0.2) is 0 Å². The minimum Gasteiger partial charge on any atom is -0.385 e. The third kappa shape index (κ3) is 4.72. The molecule has 0 bridgehead atoms. The summed E-state index contributed by atoms with van der Waals surface area (Å²) < 4.78 is 0. The predicted octanol–water partition coefficient (Wildman–Crippen LogP) is 5.19. The van der Waals surface area contributed by atoms with Crippen molar-refractivity contribution in [2.45, 2.75) is 59.8 Å². The van der Waals surface area contributed by atoms with Gasteiger partial charge in [0.2, 0.25) is 0 Å². The molecule has 0 saturated heterocycles. The fourth-order valence-electron chi connectivity index (χ4n) is 2.61. The van der Waals surface area contributed by atoms with Crippen molar-refractivity contribution in [3.63, 3.8) is 0 Å². The molecule has 0 amide bonds. The van der Waals surface area contributed by atoms with E-state index in [-0.39, 0.29) is 0 Å². The monoisotopic (exact) mass is 247 g/mol. The lowest BCUT2D eigenvalue weighted by Crippen LogP contribution is -2.15. The van der Waals surface area contributed by atoms with Gasteiger partial charge in [-0.05, 0) is 43.7 Å². The molecule has 0 aromatic heterocycles. The maximum atomic E-state index is 3.66. The molecule has 1 aromatic carbocycles. The normalized spacial score (nSPS) is 10.9. The van der Waals surface area contributed by atoms with Crippen LogP contribution >= 0.6 is 0 Å². The molecule has 0 aliphatic carbocycles. The van der Waals surface area contributed by atoms with Crippen LogP contribution in [0.4, 0.5) is 5.69 Å². The van der Waals surface area contributed by atoms with Crippen molar-refractivity contribution in [1.82, 2.24) is 0 Å². The number of benzene rings is 1. The van der Waals surface area contributed by atoms with Crippen LogP contribution in [-0.2, 0) is 6.42 Å². The van der Waals surface area contributed by atoms with E-state index in [1.807, 2.05) is 0 Å². The third-order valence-electron chi connectivity index (χ3n) is 3.62. The van der Waals surface area contributed by atoms with E-state index in [4.69, 9.17) is 0 Å². The van der Waals surface area contributed by atoms with Gasteiger partial charge < -0.3 is 5.32 Å². The van der Waals surface area contributed by atoms with Gasteiger partial charge in [0, 0.05) is 12.2 Å². The molecule has 0 radical (unpaired) electrons. The highest BCUT2D eigenvalue weighted by atomic mass is 14.9. The zero-order valence-electron chi connectivity index (χ0n) is 12.6. The zero-order chi connectivity index (χ0) is 13.4. The molecule has 18 heavy (non-hydrogen) atoms. The molecule has 0 aliphatic heterocycles. The third-order valence-corrected chi connectivity index (χ3v) is 3.62. The summed E-state index contributed by atoms with van der Waals surface area (Å²) in [5.41, 5.74) is 4.14. The van der Waals surface area contributed by atoms with Crippen molar-refractivity contribution >= 4 is 5.69 Å². The maximum Gasteiger partial charge on any atom is 0.0372 e. The van der Waals surface area contributed by atoms with Crippen LogP contribution in [0, 0.1) is 12.8 Å². The summed E-state index contributed by atoms with van der Waals surface area (Å²) in [4.78, 5) is 0. The van der Waals surface area contributed by atoms with Crippen LogP contribution in [0.1, 0.15) is 57.6 Å². The van der Waals surface area contributed by atoms with Gasteiger partial charge in [0.25, 0.3) is 0 Å². The molecule has 1 rings (SSSR count). The molecule has 0 saturated carbocycles. The number of anilines is 1. The van der Waals surface area contributed by atoms with Crippen molar-refractivity contribution in [3.05, 3.63) is 29.3 Å². The molecule has 1 nitrogen and oxygen atoms in total. The Bertz CT molecular complexity index is 337. The van der Waals surface area contributed by atoms with Crippen molar-refractivity contribution in [3.8, 4) is 0 Å². The molecule has 1 heteroatoms. The van der Waals surface area contributed by atoms with E-state index in [1.54, 1.807) is 0 Å². The first-order valence-corrected chi connectivity index (χ1v) is 7.54. The largest absolute Gasteiger partial charge is 0.385 e. The fraction of sp³-hybridized carbons (Fsp3) is 0.647. The first-order valence-electron chi connectivity index (χ1n) is 7.54. The van der Waals surface area contributed by atoms with Gasteiger partial charge in [0.1, 0.15) is 0 Å². The standard InChI is InChI=1S/C17H29N/c1-5-8-15(9-6-2)13-18-17-11-10-14(4)12-16(17)7-3/h10-12,15,18H,5-9,13H2,1-4H3. The fourth-order valence-corrected chi connectivity index (χ4v) is 2.61. The lowest BCUT2D eigenvalue weighted by Gasteiger charge is -2.18. The molecule has 0 atom stereocenters. The summed E-state index contributed by atoms with van der Waals surface area (Å²) in [7, 11) is 0. The highest BCUT2D eigenvalue weighted by Crippen LogP contribution is 2.20. The molecule has 102 valence electrons. The maximum absolute atomic E-state index is 3.66. The Kier molecular flexibility index (Phi) is 6.85. The molecule has 0 heterocycles. The van der Waals surface area contributed by atoms with E-state index in [2.05, 4.69) is 51.2 Å². The average Bonchev–Trinajstić information content (AvgIpc) is 2.37. The van der Waals surface area contributed by atoms with E-state index in [0.29, 0.717) is 0 Å². The molecule has 1 aromatic rings. The molecule has 0 aliphatic rings. The number of hydrogen-bond donors (Lipinski definition) is 1. The quantitative estimate of drug-likeness (QED) is 0.667. The van der Waals surface area contributed by atoms with Crippen LogP contribution in [0.25, 0.3) is 0 Å². The topological polar surface area (TPSA) is 12.0 Å². The summed E-state index contributed by atoms with van der Waals surface area (Å²) in [6, 6.07) is 6.75. The smallest absolute Gasteiger partial charge is 0.0372 e. The second-order valence-electron chi connectivity index (χ2n) is 5.34. The minimum absolute atomic E-state index is 0.825. The lowest BCUT2D eigenvalue weighted by atomic mass is 9.98. The van der Waals surface area contributed by atoms with Crippen LogP contribution in [0.15, 0.2) is 18.2 Å². The van der Waals surface area contributed by atoms with Crippen molar-refractivity contribution in [2.75, 3.05) is 11.9 Å². The summed E-state index contributed by atoms with van der Waals surface area (Å²) >= 11 is 0. The SMILES string of the molecule is CCCC(CCC)CNc1ccc(C)cc1CC. The van der Waals surface area contributed by atoms with E-state index < -0.39 is 0 Å². The number of hydrogen-bond acceptors (Lipinski definition) is 1. The first kappa shape index (κ1) is 15.1. The predicted molar refractivity (Wildman–Crippen MR) is 82.4 cm³/mol. The van der Waals surface area contributed by atoms with Gasteiger partial charge in [0.15, 0.2) is 0 Å². The molecule has 1 N–H and O–H groups in total. The lowest BCUT2D eigenvalue weighted by molar-refractivity contribution is 0.461. The summed E-state index contributed by atoms with van der Waals surface area (Å²) in [6.45, 7) is 10.1. The van der Waals surface area contributed by atoms with Crippen LogP contribution in [0.5, 0.6) is 0 Å². The Morgan fingerprint density at radius 3 is 2.28 bits per heavy atom. The highest BCUT2D eigenvalue weighted by molar-refractivity contribution is 5.52. The molecule has 0 unspecified atom stereocenters. The van der Waals surface area contributed by atoms with Crippen molar-refractivity contribution in [2.24, 2.45) is 5.92 Å². The Hall–Kier alpha value is -0.980. The highest BCUT2D eigenvalue weighted by Gasteiger charge is 2.07. The van der Waals surface area contributed by atoms with Gasteiger partial charge in [0.05, 0.1) is 0 Å². The van der Waals surface area contributed by atoms with Gasteiger partial charge in [-0.3, -0.25) is 0 Å². The summed E-state index contributed by atoms with van der Waals surface area (Å²) in [5, 5.41) is 3.66. The van der Waals surface area contributed by atoms with Crippen LogP contribution < -0.4 is 5.32 Å². The summed E-state index contributed by atoms with van der Waals surface area (Å²) in [5.74, 6) is 0.825. The van der Waals surface area contributed by atoms with E-state index in [9.17, 15) is 0 Å². The second-order valence-corrected chi connectivity index (χ2v) is 5.34. The van der Waals surface area contributed by atoms with Crippen molar-refractivity contribution < 1.29 is 0 Å². The van der Waals surface area contributed by atoms with E-state index in [0.717, 1.165) is 18.9 Å². The van der Waals surface area contributed by atoms with Crippen molar-refractivity contribution in [1.29, 1.82) is 0 Å². The molecular formula is C17H29N. The van der Waals surface area contributed by atoms with Gasteiger partial charge in [-0.15, -0.1) is 0 Å². The number of rotatable bonds is 8. The number of nitrogens with one attached hydrogen (secondary N) is 1. The Balaban J connectivity index is 2.60. The zero-order valence-corrected chi connectivity index (χ0v) is 12.6. The van der Waals surface area contributed by atoms with Gasteiger partial charge in [-0.1, -0.05) is 51.3 Å². The average molecular weight is 247 g/mol. The minimum atomic E-state index is 0.825. The Morgan fingerprint density at radius 2 is 1.72 bits per heavy atom. The van der Waals surface area contributed by atoms with E-state index in [1.165, 1.54) is 42.5 Å². The van der Waals surface area contributed by atoms with Gasteiger partial charge >= 0.3 is 0 Å². The second kappa shape index (κ2) is 8.18. The van der Waals surface area contributed by atoms with Crippen LogP contribution in [0.2, 0.25) is 0 Å².